The topological polar surface area (TPSA) is 44.1 Å². The van der Waals surface area contributed by atoms with E-state index in [1.54, 1.807) is 0 Å². The van der Waals surface area contributed by atoms with Gasteiger partial charge in [0.05, 0.1) is 18.2 Å². The molecule has 21 heavy (non-hydrogen) atoms. The van der Waals surface area contributed by atoms with E-state index in [0.717, 1.165) is 31.4 Å². The van der Waals surface area contributed by atoms with Gasteiger partial charge in [0.2, 0.25) is 0 Å². The summed E-state index contributed by atoms with van der Waals surface area (Å²) in [5.74, 6) is 0.221. The minimum atomic E-state index is -0.522. The molecule has 2 fully saturated rings. The molecule has 0 radical (unpaired) electrons. The molecule has 0 N–H and O–H groups in total. The van der Waals surface area contributed by atoms with Crippen molar-refractivity contribution in [3.63, 3.8) is 0 Å². The average Bonchev–Trinajstić information content (AvgIpc) is 3.20. The number of carbonyl (C=O) groups is 1. The van der Waals surface area contributed by atoms with Gasteiger partial charge in [0, 0.05) is 12.8 Å². The van der Waals surface area contributed by atoms with Gasteiger partial charge in [0.25, 0.3) is 0 Å². The van der Waals surface area contributed by atoms with E-state index in [2.05, 4.69) is 9.78 Å². The molecule has 0 unspecified atom stereocenters. The fraction of sp³-hybridized carbons (Fsp3) is 0.765. The molecular formula is C17H26N2O2. The molecule has 0 aromatic carbocycles. The van der Waals surface area contributed by atoms with E-state index in [0.29, 0.717) is 19.1 Å². The summed E-state index contributed by atoms with van der Waals surface area (Å²) in [6, 6.07) is 2.55. The van der Waals surface area contributed by atoms with Crippen molar-refractivity contribution < 1.29 is 9.53 Å². The van der Waals surface area contributed by atoms with E-state index in [4.69, 9.17) is 4.74 Å². The van der Waals surface area contributed by atoms with E-state index < -0.39 is 5.60 Å². The van der Waals surface area contributed by atoms with Crippen LogP contribution in [0.25, 0.3) is 0 Å². The third-order valence-corrected chi connectivity index (χ3v) is 5.04. The van der Waals surface area contributed by atoms with Crippen molar-refractivity contribution in [3.8, 4) is 0 Å². The number of hydrogen-bond acceptors (Lipinski definition) is 3. The quantitative estimate of drug-likeness (QED) is 0.806. The van der Waals surface area contributed by atoms with E-state index in [1.807, 2.05) is 19.2 Å². The minimum absolute atomic E-state index is 0.221. The van der Waals surface area contributed by atoms with Gasteiger partial charge in [-0.15, -0.1) is 0 Å². The Morgan fingerprint density at radius 2 is 2.05 bits per heavy atom. The molecule has 2 saturated carbocycles. The number of ketones is 1. The Bertz CT molecular complexity index is 483. The Kier molecular flexibility index (Phi) is 4.43. The maximum atomic E-state index is 12.7. The van der Waals surface area contributed by atoms with Crippen LogP contribution < -0.4 is 0 Å². The SMILES string of the molecule is CCOC1(C(=O)Cc2ccn(C3CCCC3)n2)CCCC1. The molecule has 0 atom stereocenters. The smallest absolute Gasteiger partial charge is 0.170 e. The third kappa shape index (κ3) is 3.05. The number of ether oxygens (including phenoxy) is 1. The molecule has 2 aliphatic rings. The highest BCUT2D eigenvalue weighted by molar-refractivity contribution is 5.89. The van der Waals surface area contributed by atoms with Crippen LogP contribution in [0.3, 0.4) is 0 Å². The van der Waals surface area contributed by atoms with E-state index in [9.17, 15) is 4.79 Å². The van der Waals surface area contributed by atoms with Gasteiger partial charge in [-0.3, -0.25) is 9.48 Å². The number of Topliss-reactive ketones (excluding diaryl/α,β-unsaturated/α-hetero) is 1. The summed E-state index contributed by atoms with van der Waals surface area (Å²) in [6.07, 6.45) is 11.4. The fourth-order valence-electron chi connectivity index (χ4n) is 3.90. The average molecular weight is 290 g/mol. The molecule has 1 aromatic heterocycles. The normalized spacial score (nSPS) is 22.0. The summed E-state index contributed by atoms with van der Waals surface area (Å²) in [5.41, 5.74) is 0.379. The number of rotatable bonds is 6. The first-order chi connectivity index (χ1) is 10.2. The standard InChI is InChI=1S/C17H26N2O2/c1-2-21-17(10-5-6-11-17)16(20)13-14-9-12-19(18-14)15-7-3-4-8-15/h9,12,15H,2-8,10-11,13H2,1H3. The van der Waals surface area contributed by atoms with Gasteiger partial charge in [-0.2, -0.15) is 5.10 Å². The monoisotopic (exact) mass is 290 g/mol. The summed E-state index contributed by atoms with van der Waals surface area (Å²) >= 11 is 0. The lowest BCUT2D eigenvalue weighted by Crippen LogP contribution is -2.40. The van der Waals surface area contributed by atoms with Crippen molar-refractivity contribution in [3.05, 3.63) is 18.0 Å². The highest BCUT2D eigenvalue weighted by Gasteiger charge is 2.41. The van der Waals surface area contributed by atoms with E-state index in [-0.39, 0.29) is 5.78 Å². The van der Waals surface area contributed by atoms with Gasteiger partial charge < -0.3 is 4.74 Å². The minimum Gasteiger partial charge on any atom is -0.367 e. The molecule has 0 saturated heterocycles. The van der Waals surface area contributed by atoms with Crippen molar-refractivity contribution in [2.24, 2.45) is 0 Å². The summed E-state index contributed by atoms with van der Waals surface area (Å²) in [5, 5.41) is 4.64. The van der Waals surface area contributed by atoms with Gasteiger partial charge in [-0.05, 0) is 51.5 Å². The van der Waals surface area contributed by atoms with Gasteiger partial charge in [0.15, 0.2) is 5.78 Å². The number of aromatic nitrogens is 2. The summed E-state index contributed by atoms with van der Waals surface area (Å²) in [4.78, 5) is 12.7. The summed E-state index contributed by atoms with van der Waals surface area (Å²) in [7, 11) is 0. The van der Waals surface area contributed by atoms with Crippen molar-refractivity contribution in [2.45, 2.75) is 76.4 Å². The second-order valence-electron chi connectivity index (χ2n) is 6.46. The lowest BCUT2D eigenvalue weighted by Gasteiger charge is -2.27. The van der Waals surface area contributed by atoms with Crippen molar-refractivity contribution in [1.82, 2.24) is 9.78 Å². The van der Waals surface area contributed by atoms with Gasteiger partial charge in [-0.1, -0.05) is 12.8 Å². The zero-order valence-electron chi connectivity index (χ0n) is 13.0. The molecule has 116 valence electrons. The first-order valence-corrected chi connectivity index (χ1v) is 8.45. The van der Waals surface area contributed by atoms with Crippen LogP contribution in [0.2, 0.25) is 0 Å². The molecule has 4 heteroatoms. The Labute approximate surface area is 126 Å². The Morgan fingerprint density at radius 3 is 2.71 bits per heavy atom. The largest absolute Gasteiger partial charge is 0.367 e. The van der Waals surface area contributed by atoms with Crippen LogP contribution in [0.5, 0.6) is 0 Å². The van der Waals surface area contributed by atoms with Crippen LogP contribution in [0.4, 0.5) is 0 Å². The summed E-state index contributed by atoms with van der Waals surface area (Å²) in [6.45, 7) is 2.59. The maximum Gasteiger partial charge on any atom is 0.170 e. The van der Waals surface area contributed by atoms with Crippen LogP contribution >= 0.6 is 0 Å². The van der Waals surface area contributed by atoms with Gasteiger partial charge >= 0.3 is 0 Å². The molecule has 0 aliphatic heterocycles. The van der Waals surface area contributed by atoms with Crippen LogP contribution in [-0.4, -0.2) is 27.8 Å². The fourth-order valence-corrected chi connectivity index (χ4v) is 3.90. The molecule has 1 heterocycles. The predicted molar refractivity (Wildman–Crippen MR) is 81.3 cm³/mol. The molecule has 0 amide bonds. The molecular weight excluding hydrogens is 264 g/mol. The molecule has 3 rings (SSSR count). The lowest BCUT2D eigenvalue weighted by atomic mass is 9.93. The lowest BCUT2D eigenvalue weighted by molar-refractivity contribution is -0.142. The van der Waals surface area contributed by atoms with Crippen LogP contribution in [-0.2, 0) is 16.0 Å². The maximum absolute atomic E-state index is 12.7. The highest BCUT2D eigenvalue weighted by atomic mass is 16.5. The third-order valence-electron chi connectivity index (χ3n) is 5.04. The number of nitrogens with zero attached hydrogens (tertiary/aromatic N) is 2. The first-order valence-electron chi connectivity index (χ1n) is 8.45. The van der Waals surface area contributed by atoms with E-state index in [1.165, 1.54) is 25.7 Å². The molecule has 1 aromatic rings. The number of hydrogen-bond donors (Lipinski definition) is 0. The van der Waals surface area contributed by atoms with Crippen LogP contribution in [0.1, 0.15) is 70.0 Å². The molecule has 0 spiro atoms. The van der Waals surface area contributed by atoms with Gasteiger partial charge in [0.1, 0.15) is 5.60 Å². The van der Waals surface area contributed by atoms with Crippen molar-refractivity contribution in [2.75, 3.05) is 6.61 Å². The van der Waals surface area contributed by atoms with Gasteiger partial charge in [-0.25, -0.2) is 0 Å². The number of carbonyl (C=O) groups excluding carboxylic acids is 1. The van der Waals surface area contributed by atoms with Crippen LogP contribution in [0, 0.1) is 0 Å². The van der Waals surface area contributed by atoms with Crippen molar-refractivity contribution in [1.29, 1.82) is 0 Å². The molecule has 4 nitrogen and oxygen atoms in total. The second-order valence-corrected chi connectivity index (χ2v) is 6.46. The molecule has 0 bridgehead atoms. The second kappa shape index (κ2) is 6.30. The van der Waals surface area contributed by atoms with Crippen molar-refractivity contribution >= 4 is 5.78 Å². The summed E-state index contributed by atoms with van der Waals surface area (Å²) < 4.78 is 7.91. The molecule has 2 aliphatic carbocycles. The van der Waals surface area contributed by atoms with E-state index >= 15 is 0 Å². The Morgan fingerprint density at radius 1 is 1.33 bits per heavy atom. The van der Waals surface area contributed by atoms with Crippen LogP contribution in [0.15, 0.2) is 12.3 Å². The first kappa shape index (κ1) is 14.8. The Balaban J connectivity index is 1.66. The predicted octanol–water partition coefficient (Wildman–Crippen LogP) is 3.46. The Hall–Kier alpha value is -1.16. The highest BCUT2D eigenvalue weighted by Crippen LogP contribution is 2.35. The zero-order valence-corrected chi connectivity index (χ0v) is 13.0. The zero-order chi connectivity index (χ0) is 14.7.